The zero-order chi connectivity index (χ0) is 15.2. The molecule has 1 heterocycles. The van der Waals surface area contributed by atoms with Crippen molar-refractivity contribution in [3.63, 3.8) is 0 Å². The first-order valence-electron chi connectivity index (χ1n) is 6.49. The van der Waals surface area contributed by atoms with E-state index in [2.05, 4.69) is 30.1 Å². The average Bonchev–Trinajstić information content (AvgIpc) is 2.91. The number of nitrogens with zero attached hydrogens (tertiary/aromatic N) is 1. The summed E-state index contributed by atoms with van der Waals surface area (Å²) in [5.74, 6) is 1.11. The topological polar surface area (TPSA) is 38.9 Å². The Kier molecular flexibility index (Phi) is 5.85. The number of hydrogen-bond donors (Lipinski definition) is 1. The van der Waals surface area contributed by atoms with Gasteiger partial charge < -0.3 is 5.73 Å². The van der Waals surface area contributed by atoms with Crippen LogP contribution in [0.1, 0.15) is 5.56 Å². The van der Waals surface area contributed by atoms with E-state index in [0.717, 1.165) is 21.8 Å². The zero-order valence-electron chi connectivity index (χ0n) is 11.6. The lowest BCUT2D eigenvalue weighted by molar-refractivity contribution is 1.45. The molecule has 0 amide bonds. The Bertz CT molecular complexity index is 706. The van der Waals surface area contributed by atoms with Crippen molar-refractivity contribution in [2.24, 2.45) is 0 Å². The van der Waals surface area contributed by atoms with E-state index in [-0.39, 0.29) is 0 Å². The van der Waals surface area contributed by atoms with Crippen LogP contribution in [0.3, 0.4) is 0 Å². The van der Waals surface area contributed by atoms with E-state index in [0.29, 0.717) is 11.8 Å². The molecule has 0 unspecified atom stereocenters. The Morgan fingerprint density at radius 1 is 1.05 bits per heavy atom. The second-order valence-electron chi connectivity index (χ2n) is 4.49. The molecule has 110 valence electrons. The summed E-state index contributed by atoms with van der Waals surface area (Å²) >= 11 is 11.8. The van der Waals surface area contributed by atoms with Crippen molar-refractivity contribution in [2.75, 3.05) is 17.5 Å². The van der Waals surface area contributed by atoms with Crippen LogP contribution >= 0.6 is 34.5 Å². The zero-order valence-corrected chi connectivity index (χ0v) is 14.0. The summed E-state index contributed by atoms with van der Waals surface area (Å²) in [4.78, 5) is 4.63. The lowest BCUT2D eigenvalue weighted by Gasteiger charge is -1.95. The van der Waals surface area contributed by atoms with Crippen LogP contribution in [0.4, 0.5) is 5.69 Å². The van der Waals surface area contributed by atoms with Crippen LogP contribution in [0.15, 0.2) is 42.5 Å². The molecule has 0 bridgehead atoms. The molecule has 0 radical (unpaired) electrons. The van der Waals surface area contributed by atoms with Crippen LogP contribution < -0.4 is 5.73 Å². The number of alkyl halides is 2. The number of rotatable bonds is 2. The third kappa shape index (κ3) is 4.34. The average molecular weight is 339 g/mol. The van der Waals surface area contributed by atoms with E-state index in [1.807, 2.05) is 24.3 Å². The van der Waals surface area contributed by atoms with E-state index in [1.54, 1.807) is 11.3 Å². The van der Waals surface area contributed by atoms with Gasteiger partial charge in [0.2, 0.25) is 0 Å². The Labute approximate surface area is 138 Å². The van der Waals surface area contributed by atoms with Gasteiger partial charge in [0.05, 0.1) is 10.2 Å². The molecular weight excluding hydrogens is 323 g/mol. The number of aryl methyl sites for hydroxylation is 1. The van der Waals surface area contributed by atoms with E-state index >= 15 is 0 Å². The van der Waals surface area contributed by atoms with Crippen LogP contribution in [-0.4, -0.2) is 16.7 Å². The molecule has 2 aromatic carbocycles. The molecule has 0 atom stereocenters. The number of nitrogen functional groups attached to an aromatic ring is 1. The summed E-state index contributed by atoms with van der Waals surface area (Å²) < 4.78 is 1.23. The van der Waals surface area contributed by atoms with E-state index < -0.39 is 0 Å². The van der Waals surface area contributed by atoms with Gasteiger partial charge in [-0.25, -0.2) is 4.98 Å². The summed E-state index contributed by atoms with van der Waals surface area (Å²) in [6.07, 6.45) is 0. The number of aromatic nitrogens is 1. The molecule has 0 aliphatic carbocycles. The molecule has 0 saturated carbocycles. The predicted molar refractivity (Wildman–Crippen MR) is 95.6 cm³/mol. The number of nitrogens with two attached hydrogens (primary N) is 1. The summed E-state index contributed by atoms with van der Waals surface area (Å²) in [6, 6.07) is 14.2. The minimum atomic E-state index is 0.557. The molecule has 2 nitrogen and oxygen atoms in total. The van der Waals surface area contributed by atoms with Crippen LogP contribution in [0.5, 0.6) is 0 Å². The molecule has 1 aromatic heterocycles. The highest BCUT2D eigenvalue weighted by Gasteiger charge is 2.05. The van der Waals surface area contributed by atoms with Gasteiger partial charge >= 0.3 is 0 Å². The number of halogens is 2. The molecule has 3 aromatic rings. The highest BCUT2D eigenvalue weighted by Crippen LogP contribution is 2.30. The van der Waals surface area contributed by atoms with Gasteiger partial charge in [-0.3, -0.25) is 0 Å². The second-order valence-corrected chi connectivity index (χ2v) is 6.28. The van der Waals surface area contributed by atoms with Crippen LogP contribution in [0.2, 0.25) is 0 Å². The maximum atomic E-state index is 5.68. The van der Waals surface area contributed by atoms with Gasteiger partial charge in [-0.2, -0.15) is 0 Å². The van der Waals surface area contributed by atoms with Crippen molar-refractivity contribution in [1.82, 2.24) is 4.98 Å². The Morgan fingerprint density at radius 2 is 1.71 bits per heavy atom. The van der Waals surface area contributed by atoms with Crippen LogP contribution in [0, 0.1) is 6.92 Å². The van der Waals surface area contributed by atoms with Gasteiger partial charge in [0.1, 0.15) is 5.01 Å². The normalized spacial score (nSPS) is 10.2. The molecule has 2 N–H and O–H groups in total. The van der Waals surface area contributed by atoms with Crippen molar-refractivity contribution in [1.29, 1.82) is 0 Å². The Morgan fingerprint density at radius 3 is 2.33 bits per heavy atom. The first-order chi connectivity index (χ1) is 10.1. The summed E-state index contributed by atoms with van der Waals surface area (Å²) in [5.41, 5.74) is 9.92. The first kappa shape index (κ1) is 16.1. The highest BCUT2D eigenvalue weighted by molar-refractivity contribution is 7.21. The third-order valence-electron chi connectivity index (χ3n) is 2.77. The molecule has 3 rings (SSSR count). The summed E-state index contributed by atoms with van der Waals surface area (Å²) in [6.45, 7) is 2.10. The molecule has 0 aliphatic heterocycles. The summed E-state index contributed by atoms with van der Waals surface area (Å²) in [5, 5.41) is 1.05. The first-order valence-corrected chi connectivity index (χ1v) is 8.37. The van der Waals surface area contributed by atoms with Crippen molar-refractivity contribution in [3.8, 4) is 10.6 Å². The fourth-order valence-electron chi connectivity index (χ4n) is 1.78. The standard InChI is InChI=1S/C14H12N2S.C2H4Cl2/c1-9-2-7-12-13(8-9)17-14(16-12)10-3-5-11(15)6-4-10;3-1-2-4/h2-8H,15H2,1H3;1-2H2. The lowest BCUT2D eigenvalue weighted by Crippen LogP contribution is -1.83. The Hall–Kier alpha value is -1.29. The van der Waals surface area contributed by atoms with Crippen molar-refractivity contribution >= 4 is 50.4 Å². The van der Waals surface area contributed by atoms with Crippen molar-refractivity contribution in [3.05, 3.63) is 48.0 Å². The largest absolute Gasteiger partial charge is 0.399 e. The van der Waals surface area contributed by atoms with Gasteiger partial charge in [-0.1, -0.05) is 6.07 Å². The number of benzene rings is 2. The van der Waals surface area contributed by atoms with Gasteiger partial charge in [0.15, 0.2) is 0 Å². The smallest absolute Gasteiger partial charge is 0.124 e. The fraction of sp³-hybridized carbons (Fsp3) is 0.188. The highest BCUT2D eigenvalue weighted by atomic mass is 35.5. The molecular formula is C16H16Cl2N2S. The quantitative estimate of drug-likeness (QED) is 0.507. The van der Waals surface area contributed by atoms with Crippen LogP contribution in [0.25, 0.3) is 20.8 Å². The van der Waals surface area contributed by atoms with Gasteiger partial charge in [0, 0.05) is 23.0 Å². The lowest BCUT2D eigenvalue weighted by atomic mass is 10.2. The van der Waals surface area contributed by atoms with Crippen LogP contribution in [-0.2, 0) is 0 Å². The number of fused-ring (bicyclic) bond motifs is 1. The second kappa shape index (κ2) is 7.64. The molecule has 0 spiro atoms. The molecule has 5 heteroatoms. The van der Waals surface area contributed by atoms with Crippen molar-refractivity contribution in [2.45, 2.75) is 6.92 Å². The van der Waals surface area contributed by atoms with Gasteiger partial charge in [-0.05, 0) is 48.9 Å². The Balaban J connectivity index is 0.000000361. The maximum absolute atomic E-state index is 5.68. The van der Waals surface area contributed by atoms with Gasteiger partial charge in [-0.15, -0.1) is 34.5 Å². The number of hydrogen-bond acceptors (Lipinski definition) is 3. The molecule has 0 fully saturated rings. The SMILES string of the molecule is Cc1ccc2nc(-c3ccc(N)cc3)sc2c1.ClCCCl. The van der Waals surface area contributed by atoms with Gasteiger partial charge in [0.25, 0.3) is 0 Å². The maximum Gasteiger partial charge on any atom is 0.124 e. The van der Waals surface area contributed by atoms with E-state index in [9.17, 15) is 0 Å². The van der Waals surface area contributed by atoms with Crippen molar-refractivity contribution < 1.29 is 0 Å². The summed E-state index contributed by atoms with van der Waals surface area (Å²) in [7, 11) is 0. The van der Waals surface area contributed by atoms with E-state index in [4.69, 9.17) is 28.9 Å². The predicted octanol–water partition coefficient (Wildman–Crippen LogP) is 5.32. The fourth-order valence-corrected chi connectivity index (χ4v) is 2.85. The minimum absolute atomic E-state index is 0.557. The number of thiazole rings is 1. The molecule has 0 saturated heterocycles. The third-order valence-corrected chi connectivity index (χ3v) is 4.41. The van der Waals surface area contributed by atoms with E-state index in [1.165, 1.54) is 10.3 Å². The monoisotopic (exact) mass is 338 g/mol. The molecule has 21 heavy (non-hydrogen) atoms. The number of anilines is 1. The molecule has 0 aliphatic rings. The minimum Gasteiger partial charge on any atom is -0.399 e.